The normalized spacial score (nSPS) is 12.7. The minimum atomic E-state index is -0.136. The Morgan fingerprint density at radius 3 is 2.83 bits per heavy atom. The number of methoxy groups -OCH3 is 1. The first-order valence-corrected chi connectivity index (χ1v) is 6.29. The van der Waals surface area contributed by atoms with Gasteiger partial charge in [0, 0.05) is 12.6 Å². The molecule has 2 aromatic rings. The zero-order valence-electron chi connectivity index (χ0n) is 10.9. The molecule has 0 N–H and O–H groups in total. The van der Waals surface area contributed by atoms with Crippen molar-refractivity contribution in [3.63, 3.8) is 0 Å². The number of fused-ring (bicyclic) bond motifs is 1. The van der Waals surface area contributed by atoms with Crippen molar-refractivity contribution in [2.75, 3.05) is 7.11 Å². The van der Waals surface area contributed by atoms with E-state index in [-0.39, 0.29) is 5.38 Å². The van der Waals surface area contributed by atoms with Crippen LogP contribution < -0.4 is 4.74 Å². The molecule has 0 aliphatic rings. The van der Waals surface area contributed by atoms with Gasteiger partial charge in [0.2, 0.25) is 0 Å². The average molecular weight is 265 g/mol. The number of alkyl halides is 1. The zero-order chi connectivity index (χ0) is 13.3. The molecule has 1 unspecified atom stereocenters. The Bertz CT molecular complexity index is 587. The molecule has 96 valence electrons. The number of rotatable bonds is 4. The summed E-state index contributed by atoms with van der Waals surface area (Å²) in [6.07, 6.45) is 0. The van der Waals surface area contributed by atoms with Crippen LogP contribution in [0.25, 0.3) is 11.0 Å². The van der Waals surface area contributed by atoms with Gasteiger partial charge in [-0.2, -0.15) is 0 Å². The highest BCUT2D eigenvalue weighted by atomic mass is 35.5. The van der Waals surface area contributed by atoms with Crippen molar-refractivity contribution in [2.24, 2.45) is 0 Å². The molecule has 3 nitrogen and oxygen atoms in total. The molecule has 0 bridgehead atoms. The lowest BCUT2D eigenvalue weighted by Gasteiger charge is -2.10. The molecular weight excluding hydrogens is 248 g/mol. The molecule has 1 aromatic carbocycles. The lowest BCUT2D eigenvalue weighted by Crippen LogP contribution is -2.05. The number of ether oxygens (including phenoxy) is 1. The number of aromatic nitrogens is 2. The summed E-state index contributed by atoms with van der Waals surface area (Å²) in [5, 5.41) is -0.136. The molecule has 1 atom stereocenters. The first-order valence-electron chi connectivity index (χ1n) is 5.85. The summed E-state index contributed by atoms with van der Waals surface area (Å²) >= 11 is 6.19. The number of benzene rings is 1. The van der Waals surface area contributed by atoms with Gasteiger partial charge in [0.05, 0.1) is 23.5 Å². The van der Waals surface area contributed by atoms with E-state index in [0.29, 0.717) is 0 Å². The number of imidazole rings is 1. The van der Waals surface area contributed by atoms with E-state index < -0.39 is 0 Å². The predicted molar refractivity (Wildman–Crippen MR) is 75.4 cm³/mol. The minimum absolute atomic E-state index is 0.136. The number of nitrogens with zero attached hydrogens (tertiary/aromatic N) is 2. The molecule has 0 aliphatic heterocycles. The number of allylic oxidation sites excluding steroid dienone is 1. The van der Waals surface area contributed by atoms with E-state index in [9.17, 15) is 0 Å². The molecule has 2 rings (SSSR count). The zero-order valence-corrected chi connectivity index (χ0v) is 11.7. The van der Waals surface area contributed by atoms with Gasteiger partial charge in [0.25, 0.3) is 0 Å². The van der Waals surface area contributed by atoms with Gasteiger partial charge in [-0.3, -0.25) is 0 Å². The van der Waals surface area contributed by atoms with Crippen LogP contribution in [-0.2, 0) is 6.54 Å². The molecule has 0 radical (unpaired) electrons. The van der Waals surface area contributed by atoms with Crippen LogP contribution in [0.15, 0.2) is 30.4 Å². The van der Waals surface area contributed by atoms with Crippen LogP contribution in [0.2, 0.25) is 0 Å². The second-order valence-electron chi connectivity index (χ2n) is 4.48. The quantitative estimate of drug-likeness (QED) is 0.618. The van der Waals surface area contributed by atoms with Gasteiger partial charge in [-0.05, 0) is 26.0 Å². The van der Waals surface area contributed by atoms with Crippen LogP contribution in [0.4, 0.5) is 0 Å². The Hall–Kier alpha value is -1.48. The second kappa shape index (κ2) is 5.02. The van der Waals surface area contributed by atoms with Gasteiger partial charge in [-0.1, -0.05) is 12.2 Å². The maximum Gasteiger partial charge on any atom is 0.128 e. The van der Waals surface area contributed by atoms with Crippen LogP contribution in [0.5, 0.6) is 5.75 Å². The third kappa shape index (κ3) is 2.36. The van der Waals surface area contributed by atoms with Gasteiger partial charge in [0.1, 0.15) is 11.6 Å². The Labute approximate surface area is 112 Å². The average Bonchev–Trinajstić information content (AvgIpc) is 2.66. The molecule has 0 aliphatic carbocycles. The summed E-state index contributed by atoms with van der Waals surface area (Å²) in [4.78, 5) is 4.58. The van der Waals surface area contributed by atoms with E-state index in [0.717, 1.165) is 34.7 Å². The molecule has 1 aromatic heterocycles. The molecule has 0 saturated heterocycles. The molecule has 18 heavy (non-hydrogen) atoms. The van der Waals surface area contributed by atoms with Gasteiger partial charge < -0.3 is 9.30 Å². The summed E-state index contributed by atoms with van der Waals surface area (Å²) in [6, 6.07) is 5.86. The topological polar surface area (TPSA) is 27.1 Å². The fraction of sp³-hybridized carbons (Fsp3) is 0.357. The van der Waals surface area contributed by atoms with E-state index in [1.165, 1.54) is 0 Å². The SMILES string of the molecule is C=C(C)Cn1c(C(C)Cl)nc2cc(OC)ccc21. The van der Waals surface area contributed by atoms with Crippen molar-refractivity contribution in [3.8, 4) is 5.75 Å². The monoisotopic (exact) mass is 264 g/mol. The van der Waals surface area contributed by atoms with Crippen molar-refractivity contribution in [1.82, 2.24) is 9.55 Å². The van der Waals surface area contributed by atoms with Crippen molar-refractivity contribution >= 4 is 22.6 Å². The van der Waals surface area contributed by atoms with Crippen molar-refractivity contribution in [3.05, 3.63) is 36.2 Å². The van der Waals surface area contributed by atoms with Crippen molar-refractivity contribution in [2.45, 2.75) is 25.8 Å². The lowest BCUT2D eigenvalue weighted by molar-refractivity contribution is 0.415. The Morgan fingerprint density at radius 2 is 2.28 bits per heavy atom. The largest absolute Gasteiger partial charge is 0.497 e. The van der Waals surface area contributed by atoms with Crippen molar-refractivity contribution in [1.29, 1.82) is 0 Å². The number of halogens is 1. The summed E-state index contributed by atoms with van der Waals surface area (Å²) in [6.45, 7) is 8.61. The smallest absolute Gasteiger partial charge is 0.128 e. The number of hydrogen-bond donors (Lipinski definition) is 0. The highest BCUT2D eigenvalue weighted by Gasteiger charge is 2.15. The molecule has 1 heterocycles. The minimum Gasteiger partial charge on any atom is -0.497 e. The third-order valence-corrected chi connectivity index (χ3v) is 2.96. The lowest BCUT2D eigenvalue weighted by atomic mass is 10.2. The van der Waals surface area contributed by atoms with Crippen LogP contribution in [0.1, 0.15) is 25.0 Å². The van der Waals surface area contributed by atoms with Crippen LogP contribution in [0, 0.1) is 0 Å². The third-order valence-electron chi connectivity index (χ3n) is 2.77. The van der Waals surface area contributed by atoms with Crippen molar-refractivity contribution < 1.29 is 4.74 Å². The molecule has 0 saturated carbocycles. The van der Waals surface area contributed by atoms with Gasteiger partial charge in [-0.25, -0.2) is 4.98 Å². The van der Waals surface area contributed by atoms with E-state index in [1.54, 1.807) is 7.11 Å². The maximum atomic E-state index is 6.19. The molecule has 4 heteroatoms. The number of hydrogen-bond acceptors (Lipinski definition) is 2. The predicted octanol–water partition coefficient (Wildman–Crippen LogP) is 3.92. The second-order valence-corrected chi connectivity index (χ2v) is 5.14. The van der Waals surface area contributed by atoms with E-state index in [4.69, 9.17) is 16.3 Å². The summed E-state index contributed by atoms with van der Waals surface area (Å²) in [5.74, 6) is 1.67. The molecule has 0 spiro atoms. The van der Waals surface area contributed by atoms with Gasteiger partial charge in [-0.15, -0.1) is 11.6 Å². The molecule has 0 fully saturated rings. The fourth-order valence-corrected chi connectivity index (χ4v) is 2.16. The molecular formula is C14H17ClN2O. The van der Waals surface area contributed by atoms with E-state index >= 15 is 0 Å². The van der Waals surface area contributed by atoms with Gasteiger partial charge in [0.15, 0.2) is 0 Å². The molecule has 0 amide bonds. The van der Waals surface area contributed by atoms with Crippen LogP contribution >= 0.6 is 11.6 Å². The van der Waals surface area contributed by atoms with E-state index in [1.807, 2.05) is 32.0 Å². The Morgan fingerprint density at radius 1 is 1.56 bits per heavy atom. The highest BCUT2D eigenvalue weighted by Crippen LogP contribution is 2.27. The summed E-state index contributed by atoms with van der Waals surface area (Å²) in [7, 11) is 1.65. The van der Waals surface area contributed by atoms with Crippen LogP contribution in [0.3, 0.4) is 0 Å². The first kappa shape index (κ1) is 13.0. The summed E-state index contributed by atoms with van der Waals surface area (Å²) < 4.78 is 7.32. The highest BCUT2D eigenvalue weighted by molar-refractivity contribution is 6.20. The standard InChI is InChI=1S/C14H17ClN2O/c1-9(2)8-17-13-6-5-11(18-4)7-12(13)16-14(17)10(3)15/h5-7,10H,1,8H2,2-4H3. The fourth-order valence-electron chi connectivity index (χ4n) is 1.99. The van der Waals surface area contributed by atoms with E-state index in [2.05, 4.69) is 16.1 Å². The Kier molecular flexibility index (Phi) is 3.62. The van der Waals surface area contributed by atoms with Crippen LogP contribution in [-0.4, -0.2) is 16.7 Å². The maximum absolute atomic E-state index is 6.19. The summed E-state index contributed by atoms with van der Waals surface area (Å²) in [5.41, 5.74) is 3.03. The first-order chi connectivity index (χ1) is 8.52. The Balaban J connectivity index is 2.63. The van der Waals surface area contributed by atoms with Gasteiger partial charge >= 0.3 is 0 Å².